The van der Waals surface area contributed by atoms with E-state index in [1.54, 1.807) is 0 Å². The van der Waals surface area contributed by atoms with Crippen LogP contribution in [-0.2, 0) is 4.79 Å². The van der Waals surface area contributed by atoms with Crippen LogP contribution < -0.4 is 0 Å². The molecule has 1 amide bonds. The quantitative estimate of drug-likeness (QED) is 0.661. The van der Waals surface area contributed by atoms with E-state index in [4.69, 9.17) is 16.7 Å². The molecule has 1 aliphatic carbocycles. The highest BCUT2D eigenvalue weighted by molar-refractivity contribution is 6.34. The van der Waals surface area contributed by atoms with Gasteiger partial charge in [0.25, 0.3) is 11.6 Å². The molecule has 0 radical (unpaired) electrons. The van der Waals surface area contributed by atoms with E-state index >= 15 is 0 Å². The zero-order chi connectivity index (χ0) is 14.9. The van der Waals surface area contributed by atoms with Crippen molar-refractivity contribution >= 4 is 29.2 Å². The van der Waals surface area contributed by atoms with Gasteiger partial charge in [-0.25, -0.2) is 0 Å². The minimum absolute atomic E-state index is 0.0553. The Labute approximate surface area is 118 Å². The van der Waals surface area contributed by atoms with E-state index in [2.05, 4.69) is 0 Å². The van der Waals surface area contributed by atoms with Gasteiger partial charge < -0.3 is 10.0 Å². The fourth-order valence-corrected chi connectivity index (χ4v) is 2.10. The molecule has 0 unspecified atom stereocenters. The van der Waals surface area contributed by atoms with Crippen LogP contribution in [0.15, 0.2) is 18.2 Å². The topological polar surface area (TPSA) is 101 Å². The number of benzene rings is 1. The number of aliphatic carboxylic acids is 1. The third kappa shape index (κ3) is 3.05. The van der Waals surface area contributed by atoms with Gasteiger partial charge in [-0.2, -0.15) is 0 Å². The number of rotatable bonds is 5. The Balaban J connectivity index is 2.27. The Morgan fingerprint density at radius 2 is 2.10 bits per heavy atom. The Hall–Kier alpha value is -2.15. The number of hydrogen-bond donors (Lipinski definition) is 1. The van der Waals surface area contributed by atoms with Crippen LogP contribution in [0, 0.1) is 10.1 Å². The first-order valence-electron chi connectivity index (χ1n) is 5.87. The van der Waals surface area contributed by atoms with Crippen molar-refractivity contribution in [2.75, 3.05) is 6.54 Å². The number of amides is 1. The van der Waals surface area contributed by atoms with E-state index in [9.17, 15) is 19.7 Å². The van der Waals surface area contributed by atoms with Gasteiger partial charge in [-0.05, 0) is 18.9 Å². The lowest BCUT2D eigenvalue weighted by molar-refractivity contribution is -0.384. The Morgan fingerprint density at radius 3 is 2.55 bits per heavy atom. The second-order valence-electron chi connectivity index (χ2n) is 4.48. The minimum Gasteiger partial charge on any atom is -0.480 e. The first-order valence-corrected chi connectivity index (χ1v) is 6.24. The van der Waals surface area contributed by atoms with E-state index in [1.807, 2.05) is 0 Å². The number of carboxylic acids is 1. The maximum Gasteiger partial charge on any atom is 0.323 e. The number of nitro groups is 1. The van der Waals surface area contributed by atoms with Crippen molar-refractivity contribution in [3.8, 4) is 0 Å². The van der Waals surface area contributed by atoms with Crippen molar-refractivity contribution in [1.29, 1.82) is 0 Å². The molecule has 0 bridgehead atoms. The van der Waals surface area contributed by atoms with Crippen molar-refractivity contribution in [3.63, 3.8) is 0 Å². The number of carbonyl (C=O) groups is 2. The summed E-state index contributed by atoms with van der Waals surface area (Å²) >= 11 is 5.87. The van der Waals surface area contributed by atoms with Crippen molar-refractivity contribution in [2.45, 2.75) is 18.9 Å². The van der Waals surface area contributed by atoms with Gasteiger partial charge in [-0.3, -0.25) is 19.7 Å². The van der Waals surface area contributed by atoms with Crippen molar-refractivity contribution in [2.24, 2.45) is 0 Å². The van der Waals surface area contributed by atoms with Crippen molar-refractivity contribution in [3.05, 3.63) is 38.9 Å². The second-order valence-corrected chi connectivity index (χ2v) is 4.89. The molecule has 0 saturated heterocycles. The molecule has 0 aromatic heterocycles. The van der Waals surface area contributed by atoms with E-state index < -0.39 is 23.3 Å². The van der Waals surface area contributed by atoms with Crippen LogP contribution in [0.4, 0.5) is 5.69 Å². The monoisotopic (exact) mass is 298 g/mol. The minimum atomic E-state index is -1.11. The van der Waals surface area contributed by atoms with Crippen molar-refractivity contribution in [1.82, 2.24) is 4.90 Å². The predicted molar refractivity (Wildman–Crippen MR) is 69.8 cm³/mol. The number of halogens is 1. The van der Waals surface area contributed by atoms with Gasteiger partial charge in [0.05, 0.1) is 15.5 Å². The lowest BCUT2D eigenvalue weighted by atomic mass is 10.1. The number of non-ortho nitro benzene ring substituents is 1. The van der Waals surface area contributed by atoms with E-state index in [0.29, 0.717) is 0 Å². The van der Waals surface area contributed by atoms with Gasteiger partial charge in [0.2, 0.25) is 0 Å². The van der Waals surface area contributed by atoms with Gasteiger partial charge in [0.1, 0.15) is 6.54 Å². The second kappa shape index (κ2) is 5.46. The van der Waals surface area contributed by atoms with Crippen LogP contribution in [0.5, 0.6) is 0 Å². The standard InChI is InChI=1S/C12H11ClN2O5/c13-10-5-8(15(19)20)3-4-9(10)12(18)14(6-11(16)17)7-1-2-7/h3-5,7H,1-2,6H2,(H,16,17). The molecular weight excluding hydrogens is 288 g/mol. The summed E-state index contributed by atoms with van der Waals surface area (Å²) in [4.78, 5) is 34.3. The zero-order valence-electron chi connectivity index (χ0n) is 10.3. The molecule has 0 atom stereocenters. The van der Waals surface area contributed by atoms with E-state index in [-0.39, 0.29) is 22.3 Å². The predicted octanol–water partition coefficient (Wildman–Crippen LogP) is 1.94. The fourth-order valence-electron chi connectivity index (χ4n) is 1.84. The summed E-state index contributed by atoms with van der Waals surface area (Å²) in [6.45, 7) is -0.406. The van der Waals surface area contributed by atoms with Crippen LogP contribution in [0.2, 0.25) is 5.02 Å². The number of nitrogens with zero attached hydrogens (tertiary/aromatic N) is 2. The molecular formula is C12H11ClN2O5. The van der Waals surface area contributed by atoms with E-state index in [1.165, 1.54) is 17.0 Å². The van der Waals surface area contributed by atoms with Crippen LogP contribution in [0.1, 0.15) is 23.2 Å². The molecule has 8 heteroatoms. The maximum atomic E-state index is 12.3. The molecule has 1 aromatic carbocycles. The van der Waals surface area contributed by atoms with Crippen LogP contribution in [0.25, 0.3) is 0 Å². The molecule has 106 valence electrons. The number of nitro benzene ring substituents is 1. The summed E-state index contributed by atoms with van der Waals surface area (Å²) in [5.41, 5.74) is -0.145. The van der Waals surface area contributed by atoms with Gasteiger partial charge >= 0.3 is 5.97 Å². The normalized spacial score (nSPS) is 13.8. The van der Waals surface area contributed by atoms with Gasteiger partial charge in [-0.15, -0.1) is 0 Å². The Morgan fingerprint density at radius 1 is 1.45 bits per heavy atom. The number of carbonyl (C=O) groups excluding carboxylic acids is 1. The highest BCUT2D eigenvalue weighted by Crippen LogP contribution is 2.30. The van der Waals surface area contributed by atoms with Crippen LogP contribution >= 0.6 is 11.6 Å². The van der Waals surface area contributed by atoms with Gasteiger partial charge in [-0.1, -0.05) is 11.6 Å². The summed E-state index contributed by atoms with van der Waals surface area (Å²) in [7, 11) is 0. The molecule has 0 heterocycles. The zero-order valence-corrected chi connectivity index (χ0v) is 11.0. The third-order valence-electron chi connectivity index (χ3n) is 2.95. The van der Waals surface area contributed by atoms with E-state index in [0.717, 1.165) is 18.9 Å². The summed E-state index contributed by atoms with van der Waals surface area (Å²) in [6, 6.07) is 3.41. The molecule has 1 aliphatic rings. The molecule has 1 saturated carbocycles. The summed E-state index contributed by atoms with van der Waals surface area (Å²) < 4.78 is 0. The summed E-state index contributed by atoms with van der Waals surface area (Å²) in [5, 5.41) is 19.4. The Bertz CT molecular complexity index is 585. The van der Waals surface area contributed by atoms with Crippen LogP contribution in [-0.4, -0.2) is 39.4 Å². The number of carboxylic acid groups (broad SMARTS) is 1. The largest absolute Gasteiger partial charge is 0.480 e. The van der Waals surface area contributed by atoms with Crippen molar-refractivity contribution < 1.29 is 19.6 Å². The first kappa shape index (κ1) is 14.3. The maximum absolute atomic E-state index is 12.3. The summed E-state index contributed by atoms with van der Waals surface area (Å²) in [6.07, 6.45) is 1.51. The molecule has 1 aromatic rings. The molecule has 2 rings (SSSR count). The highest BCUT2D eigenvalue weighted by atomic mass is 35.5. The van der Waals surface area contributed by atoms with Crippen LogP contribution in [0.3, 0.4) is 0 Å². The lowest BCUT2D eigenvalue weighted by Gasteiger charge is -2.20. The summed E-state index contributed by atoms with van der Waals surface area (Å²) in [5.74, 6) is -1.63. The fraction of sp³-hybridized carbons (Fsp3) is 0.333. The molecule has 0 aliphatic heterocycles. The first-order chi connectivity index (χ1) is 9.40. The van der Waals surface area contributed by atoms with Gasteiger partial charge in [0.15, 0.2) is 0 Å². The molecule has 1 N–H and O–H groups in total. The third-order valence-corrected chi connectivity index (χ3v) is 3.26. The lowest BCUT2D eigenvalue weighted by Crippen LogP contribution is -2.37. The molecule has 20 heavy (non-hydrogen) atoms. The molecule has 7 nitrogen and oxygen atoms in total. The molecule has 1 fully saturated rings. The smallest absolute Gasteiger partial charge is 0.323 e. The van der Waals surface area contributed by atoms with Gasteiger partial charge in [0, 0.05) is 18.2 Å². The average Bonchev–Trinajstić information content (AvgIpc) is 3.19. The molecule has 0 spiro atoms. The Kier molecular flexibility index (Phi) is 3.89. The highest BCUT2D eigenvalue weighted by Gasteiger charge is 2.35. The average molecular weight is 299 g/mol. The number of hydrogen-bond acceptors (Lipinski definition) is 4. The SMILES string of the molecule is O=C(O)CN(C(=O)c1ccc([N+](=O)[O-])cc1Cl)C1CC1.